The first kappa shape index (κ1) is 23.4. The molecule has 0 saturated heterocycles. The molecule has 0 spiro atoms. The van der Waals surface area contributed by atoms with Crippen LogP contribution in [0.5, 0.6) is 0 Å². The van der Waals surface area contributed by atoms with Gasteiger partial charge in [0.05, 0.1) is 0 Å². The summed E-state index contributed by atoms with van der Waals surface area (Å²) < 4.78 is 35.4. The topological polar surface area (TPSA) is 55.4 Å². The molecule has 0 atom stereocenters. The maximum Gasteiger partial charge on any atom is 1.00 e. The molecular weight excluding hydrogens is 369 g/mol. The molecule has 0 aromatic carbocycles. The van der Waals surface area contributed by atoms with Crippen molar-refractivity contribution < 1.29 is 37.0 Å². The van der Waals surface area contributed by atoms with Gasteiger partial charge in [0.15, 0.2) is 0 Å². The SMILES string of the molecule is CC[O][Sb-]([O]CC)([O]CC)([O]CC)([O]CC)[O]CC.[Li+]. The normalized spacial score (nSPS) is 15.3. The molecule has 0 radical (unpaired) electrons. The summed E-state index contributed by atoms with van der Waals surface area (Å²) in [6.45, 7) is 12.9. The van der Waals surface area contributed by atoms with Crippen LogP contribution in [-0.4, -0.2) is 58.2 Å². The molecule has 0 aliphatic carbocycles. The predicted octanol–water partition coefficient (Wildman–Crippen LogP) is -0.454. The first-order chi connectivity index (χ1) is 8.97. The first-order valence-corrected chi connectivity index (χ1v) is 13.3. The Morgan fingerprint density at radius 2 is 0.600 bits per heavy atom. The van der Waals surface area contributed by atoms with E-state index in [9.17, 15) is 0 Å². The molecule has 0 aromatic rings. The molecule has 20 heavy (non-hydrogen) atoms. The Balaban J connectivity index is 0. The summed E-state index contributed by atoms with van der Waals surface area (Å²) in [6.07, 6.45) is 0. The van der Waals surface area contributed by atoms with Gasteiger partial charge in [-0.3, -0.25) is 0 Å². The van der Waals surface area contributed by atoms with Crippen LogP contribution in [-0.2, 0) is 18.1 Å². The smallest absolute Gasteiger partial charge is 1.00 e. The van der Waals surface area contributed by atoms with Crippen molar-refractivity contribution >= 4 is 18.5 Å². The van der Waals surface area contributed by atoms with Crippen molar-refractivity contribution in [2.75, 3.05) is 39.6 Å². The van der Waals surface area contributed by atoms with E-state index in [4.69, 9.17) is 18.1 Å². The van der Waals surface area contributed by atoms with Crippen LogP contribution in [0.4, 0.5) is 0 Å². The van der Waals surface area contributed by atoms with Crippen LogP contribution >= 0.6 is 0 Å². The molecule has 0 saturated carbocycles. The Labute approximate surface area is 136 Å². The van der Waals surface area contributed by atoms with Crippen LogP contribution in [0, 0.1) is 0 Å². The van der Waals surface area contributed by atoms with Crippen molar-refractivity contribution in [1.29, 1.82) is 0 Å². The molecule has 0 rings (SSSR count). The van der Waals surface area contributed by atoms with E-state index in [1.54, 1.807) is 0 Å². The Kier molecular flexibility index (Phi) is 11.0. The third-order valence-electron chi connectivity index (χ3n) is 2.36. The van der Waals surface area contributed by atoms with Crippen LogP contribution in [0.3, 0.4) is 0 Å². The van der Waals surface area contributed by atoms with E-state index in [1.807, 2.05) is 41.5 Å². The van der Waals surface area contributed by atoms with E-state index < -0.39 is 18.5 Å². The molecule has 8 heteroatoms. The van der Waals surface area contributed by atoms with Crippen LogP contribution in [0.2, 0.25) is 0 Å². The summed E-state index contributed by atoms with van der Waals surface area (Å²) in [4.78, 5) is 0. The second-order valence-electron chi connectivity index (χ2n) is 3.62. The minimum absolute atomic E-state index is 0. The van der Waals surface area contributed by atoms with Crippen LogP contribution in [0.1, 0.15) is 41.5 Å². The number of hydrogen-bond acceptors (Lipinski definition) is 6. The fourth-order valence-electron chi connectivity index (χ4n) is 2.14. The first-order valence-electron chi connectivity index (χ1n) is 7.07. The van der Waals surface area contributed by atoms with E-state index in [1.165, 1.54) is 0 Å². The van der Waals surface area contributed by atoms with Gasteiger partial charge in [-0.15, -0.1) is 0 Å². The maximum atomic E-state index is 5.89. The molecule has 0 aliphatic rings. The standard InChI is InChI=1S/6C2H5O.Li.Sb/c6*1-2-3;;/h6*2H2,1H3;;/q6*-1;+1;+5. The van der Waals surface area contributed by atoms with Crippen molar-refractivity contribution in [3.05, 3.63) is 0 Å². The van der Waals surface area contributed by atoms with Crippen LogP contribution in [0.25, 0.3) is 0 Å². The molecule has 0 amide bonds. The van der Waals surface area contributed by atoms with Crippen molar-refractivity contribution in [2.45, 2.75) is 41.5 Å². The zero-order valence-corrected chi connectivity index (χ0v) is 16.7. The summed E-state index contributed by atoms with van der Waals surface area (Å²) in [5.41, 5.74) is 0. The van der Waals surface area contributed by atoms with E-state index in [-0.39, 0.29) is 18.9 Å². The van der Waals surface area contributed by atoms with Gasteiger partial charge in [-0.05, 0) is 0 Å². The zero-order chi connectivity index (χ0) is 14.9. The fourth-order valence-corrected chi connectivity index (χ4v) is 14.4. The number of hydrogen-bond donors (Lipinski definition) is 0. The Morgan fingerprint density at radius 1 is 0.450 bits per heavy atom. The Hall–Kier alpha value is 1.18. The van der Waals surface area contributed by atoms with Crippen LogP contribution in [0.15, 0.2) is 0 Å². The average Bonchev–Trinajstić information content (AvgIpc) is 2.31. The van der Waals surface area contributed by atoms with Gasteiger partial charge in [-0.2, -0.15) is 0 Å². The molecule has 0 bridgehead atoms. The average molecular weight is 399 g/mol. The van der Waals surface area contributed by atoms with Gasteiger partial charge in [0.2, 0.25) is 0 Å². The minimum Gasteiger partial charge on any atom is 1.00 e. The van der Waals surface area contributed by atoms with Gasteiger partial charge < -0.3 is 0 Å². The van der Waals surface area contributed by atoms with Crippen LogP contribution < -0.4 is 18.9 Å². The molecule has 0 heterocycles. The molecule has 0 aromatic heterocycles. The maximum absolute atomic E-state index is 5.94. The zero-order valence-electron chi connectivity index (χ0n) is 14.1. The summed E-state index contributed by atoms with van der Waals surface area (Å²) in [5, 5.41) is 0. The van der Waals surface area contributed by atoms with E-state index in [0.29, 0.717) is 39.6 Å². The minimum atomic E-state index is -5.94. The largest absolute Gasteiger partial charge is 1.00 e. The summed E-state index contributed by atoms with van der Waals surface area (Å²) in [5.74, 6) is 0. The summed E-state index contributed by atoms with van der Waals surface area (Å²) >= 11 is -5.94. The second-order valence-corrected chi connectivity index (χ2v) is 14.4. The Bertz CT molecular complexity index is 195. The molecule has 0 aliphatic heterocycles. The number of rotatable bonds is 12. The van der Waals surface area contributed by atoms with Gasteiger partial charge >= 0.3 is 137 Å². The predicted molar refractivity (Wildman–Crippen MR) is 75.5 cm³/mol. The van der Waals surface area contributed by atoms with Gasteiger partial charge in [0.1, 0.15) is 0 Å². The monoisotopic (exact) mass is 398 g/mol. The van der Waals surface area contributed by atoms with Crippen molar-refractivity contribution in [3.8, 4) is 0 Å². The molecule has 0 fully saturated rings. The van der Waals surface area contributed by atoms with Gasteiger partial charge in [0, 0.05) is 0 Å². The summed E-state index contributed by atoms with van der Waals surface area (Å²) in [7, 11) is 0. The van der Waals surface area contributed by atoms with Gasteiger partial charge in [0.25, 0.3) is 0 Å². The van der Waals surface area contributed by atoms with Gasteiger partial charge in [-0.1, -0.05) is 0 Å². The third kappa shape index (κ3) is 4.58. The van der Waals surface area contributed by atoms with Crippen molar-refractivity contribution in [2.24, 2.45) is 0 Å². The van der Waals surface area contributed by atoms with Gasteiger partial charge in [-0.25, -0.2) is 0 Å². The summed E-state index contributed by atoms with van der Waals surface area (Å²) in [6, 6.07) is 0. The van der Waals surface area contributed by atoms with Crippen molar-refractivity contribution in [3.63, 3.8) is 0 Å². The van der Waals surface area contributed by atoms with Crippen molar-refractivity contribution in [1.82, 2.24) is 0 Å². The molecule has 0 N–H and O–H groups in total. The molecule has 6 nitrogen and oxygen atoms in total. The third-order valence-corrected chi connectivity index (χ3v) is 15.8. The Morgan fingerprint density at radius 3 is 0.700 bits per heavy atom. The van der Waals surface area contributed by atoms with E-state index in [0.717, 1.165) is 0 Å². The van der Waals surface area contributed by atoms with E-state index in [2.05, 4.69) is 0 Å². The quantitative estimate of drug-likeness (QED) is 0.415. The van der Waals surface area contributed by atoms with E-state index >= 15 is 0 Å². The molecule has 0 unspecified atom stereocenters. The second kappa shape index (κ2) is 9.34. The molecule has 120 valence electrons. The fraction of sp³-hybridized carbons (Fsp3) is 1.00. The molecular formula is C12H30LiO6Sb.